The topological polar surface area (TPSA) is 86.8 Å². The molecule has 208 valence electrons. The summed E-state index contributed by atoms with van der Waals surface area (Å²) in [5.41, 5.74) is 5.45. The Bertz CT molecular complexity index is 1390. The van der Waals surface area contributed by atoms with Gasteiger partial charge in [0.05, 0.1) is 11.9 Å². The van der Waals surface area contributed by atoms with Crippen LogP contribution < -0.4 is 9.62 Å². The number of carbonyl (C=O) groups is 2. The number of carbonyl (C=O) groups excluding carboxylic acids is 2. The van der Waals surface area contributed by atoms with Crippen LogP contribution in [-0.2, 0) is 32.6 Å². The van der Waals surface area contributed by atoms with Crippen LogP contribution in [0.3, 0.4) is 0 Å². The van der Waals surface area contributed by atoms with Crippen molar-refractivity contribution in [1.82, 2.24) is 10.2 Å². The van der Waals surface area contributed by atoms with Gasteiger partial charge in [-0.25, -0.2) is 8.42 Å². The Morgan fingerprint density at radius 2 is 1.56 bits per heavy atom. The van der Waals surface area contributed by atoms with Gasteiger partial charge in [-0.3, -0.25) is 13.9 Å². The van der Waals surface area contributed by atoms with E-state index in [4.69, 9.17) is 0 Å². The average Bonchev–Trinajstić information content (AvgIpc) is 2.90. The lowest BCUT2D eigenvalue weighted by atomic mass is 10.0. The van der Waals surface area contributed by atoms with E-state index in [0.29, 0.717) is 18.5 Å². The minimum absolute atomic E-state index is 0.102. The molecule has 7 nitrogen and oxygen atoms in total. The van der Waals surface area contributed by atoms with Gasteiger partial charge in [0.2, 0.25) is 21.8 Å². The SMILES string of the molecule is CNC(=O)[C@H](Cc1ccccc1)N(Cc1cccc(C)c1)C(=O)CCCN(c1cccc(C)c1C)S(C)(=O)=O. The maximum absolute atomic E-state index is 13.8. The Hall–Kier alpha value is -3.65. The number of nitrogens with one attached hydrogen (secondary N) is 1. The van der Waals surface area contributed by atoms with E-state index in [2.05, 4.69) is 5.32 Å². The molecule has 0 bridgehead atoms. The number of likely N-dealkylation sites (N-methyl/N-ethyl adjacent to an activating group) is 1. The zero-order valence-electron chi connectivity index (χ0n) is 23.5. The molecule has 3 rings (SSSR count). The van der Waals surface area contributed by atoms with Crippen molar-refractivity contribution in [3.05, 3.63) is 101 Å². The molecule has 0 unspecified atom stereocenters. The molecule has 0 aliphatic carbocycles. The van der Waals surface area contributed by atoms with Gasteiger partial charge in [-0.15, -0.1) is 0 Å². The van der Waals surface area contributed by atoms with E-state index in [9.17, 15) is 18.0 Å². The predicted octanol–water partition coefficient (Wildman–Crippen LogP) is 4.54. The third-order valence-electron chi connectivity index (χ3n) is 6.95. The second kappa shape index (κ2) is 13.4. The first-order valence-corrected chi connectivity index (χ1v) is 15.0. The molecule has 0 saturated carbocycles. The Morgan fingerprint density at radius 3 is 2.21 bits per heavy atom. The van der Waals surface area contributed by atoms with Crippen LogP contribution in [0, 0.1) is 20.8 Å². The van der Waals surface area contributed by atoms with Gasteiger partial charge >= 0.3 is 0 Å². The van der Waals surface area contributed by atoms with E-state index in [0.717, 1.165) is 27.8 Å². The van der Waals surface area contributed by atoms with Crippen LogP contribution in [0.5, 0.6) is 0 Å². The van der Waals surface area contributed by atoms with Gasteiger partial charge < -0.3 is 10.2 Å². The van der Waals surface area contributed by atoms with Gasteiger partial charge in [-0.1, -0.05) is 72.3 Å². The van der Waals surface area contributed by atoms with E-state index in [1.54, 1.807) is 18.0 Å². The van der Waals surface area contributed by atoms with Crippen LogP contribution in [0.1, 0.15) is 40.7 Å². The number of anilines is 1. The van der Waals surface area contributed by atoms with Crippen LogP contribution >= 0.6 is 0 Å². The zero-order chi connectivity index (χ0) is 28.6. The Balaban J connectivity index is 1.86. The van der Waals surface area contributed by atoms with Crippen LogP contribution in [0.15, 0.2) is 72.8 Å². The predicted molar refractivity (Wildman–Crippen MR) is 157 cm³/mol. The van der Waals surface area contributed by atoms with Crippen LogP contribution in [0.4, 0.5) is 5.69 Å². The van der Waals surface area contributed by atoms with Crippen LogP contribution in [0.2, 0.25) is 0 Å². The molecule has 1 atom stereocenters. The fourth-order valence-corrected chi connectivity index (χ4v) is 5.73. The number of sulfonamides is 1. The normalized spacial score (nSPS) is 12.0. The van der Waals surface area contributed by atoms with E-state index in [1.807, 2.05) is 87.5 Å². The van der Waals surface area contributed by atoms with Crippen molar-refractivity contribution < 1.29 is 18.0 Å². The number of hydrogen-bond acceptors (Lipinski definition) is 4. The minimum Gasteiger partial charge on any atom is -0.357 e. The zero-order valence-corrected chi connectivity index (χ0v) is 24.3. The number of benzene rings is 3. The van der Waals surface area contributed by atoms with Gasteiger partial charge in [-0.2, -0.15) is 0 Å². The number of amides is 2. The van der Waals surface area contributed by atoms with E-state index in [1.165, 1.54) is 10.6 Å². The summed E-state index contributed by atoms with van der Waals surface area (Å²) in [4.78, 5) is 28.5. The lowest BCUT2D eigenvalue weighted by Crippen LogP contribution is -2.49. The fourth-order valence-electron chi connectivity index (χ4n) is 4.72. The molecule has 0 aliphatic rings. The van der Waals surface area contributed by atoms with Crippen LogP contribution in [-0.4, -0.2) is 51.0 Å². The third-order valence-corrected chi connectivity index (χ3v) is 8.13. The van der Waals surface area contributed by atoms with Crippen molar-refractivity contribution in [2.75, 3.05) is 24.2 Å². The largest absolute Gasteiger partial charge is 0.357 e. The minimum atomic E-state index is -3.56. The summed E-state index contributed by atoms with van der Waals surface area (Å²) in [6.07, 6.45) is 1.97. The second-order valence-electron chi connectivity index (χ2n) is 9.99. The molecule has 3 aromatic rings. The van der Waals surface area contributed by atoms with E-state index >= 15 is 0 Å². The van der Waals surface area contributed by atoms with E-state index < -0.39 is 16.1 Å². The molecule has 1 N–H and O–H groups in total. The molecule has 0 aromatic heterocycles. The summed E-state index contributed by atoms with van der Waals surface area (Å²) >= 11 is 0. The summed E-state index contributed by atoms with van der Waals surface area (Å²) in [5.74, 6) is -0.441. The highest BCUT2D eigenvalue weighted by atomic mass is 32.2. The lowest BCUT2D eigenvalue weighted by molar-refractivity contribution is -0.141. The quantitative estimate of drug-likeness (QED) is 0.359. The summed E-state index contributed by atoms with van der Waals surface area (Å²) < 4.78 is 26.8. The summed E-state index contributed by atoms with van der Waals surface area (Å²) in [5, 5.41) is 2.72. The standard InChI is InChI=1S/C31H39N3O4S/c1-23-12-9-16-27(20-23)22-33(29(31(36)32-4)21-26-14-7-6-8-15-26)30(35)18-11-19-34(39(5,37)38)28-17-10-13-24(2)25(28)3/h6-10,12-17,20,29H,11,18-19,21-22H2,1-5H3,(H,32,36)/t29-/m0/s1. The van der Waals surface area contributed by atoms with Crippen molar-refractivity contribution in [3.8, 4) is 0 Å². The van der Waals surface area contributed by atoms with Crippen molar-refractivity contribution in [3.63, 3.8) is 0 Å². The number of nitrogens with zero attached hydrogens (tertiary/aromatic N) is 2. The van der Waals surface area contributed by atoms with Gasteiger partial charge in [0.25, 0.3) is 0 Å². The Morgan fingerprint density at radius 1 is 0.897 bits per heavy atom. The Labute approximate surface area is 232 Å². The highest BCUT2D eigenvalue weighted by molar-refractivity contribution is 7.92. The highest BCUT2D eigenvalue weighted by Gasteiger charge is 2.30. The summed E-state index contributed by atoms with van der Waals surface area (Å²) in [6, 6.07) is 22.4. The smallest absolute Gasteiger partial charge is 0.242 e. The molecule has 8 heteroatoms. The molecule has 3 aromatic carbocycles. The maximum atomic E-state index is 13.8. The molecular weight excluding hydrogens is 510 g/mol. The maximum Gasteiger partial charge on any atom is 0.242 e. The van der Waals surface area contributed by atoms with Crippen molar-refractivity contribution in [1.29, 1.82) is 0 Å². The summed E-state index contributed by atoms with van der Waals surface area (Å²) in [7, 11) is -1.99. The number of aryl methyl sites for hydroxylation is 2. The molecule has 0 saturated heterocycles. The first-order chi connectivity index (χ1) is 18.5. The number of rotatable bonds is 12. The first kappa shape index (κ1) is 29.9. The molecule has 0 aliphatic heterocycles. The monoisotopic (exact) mass is 549 g/mol. The summed E-state index contributed by atoms with van der Waals surface area (Å²) in [6.45, 7) is 6.27. The lowest BCUT2D eigenvalue weighted by Gasteiger charge is -2.32. The average molecular weight is 550 g/mol. The Kier molecular flexibility index (Phi) is 10.3. The molecular formula is C31H39N3O4S. The van der Waals surface area contributed by atoms with Crippen molar-refractivity contribution >= 4 is 27.5 Å². The molecule has 0 heterocycles. The third kappa shape index (κ3) is 8.17. The fraction of sp³-hybridized carbons (Fsp3) is 0.355. The molecule has 39 heavy (non-hydrogen) atoms. The van der Waals surface area contributed by atoms with Gasteiger partial charge in [-0.05, 0) is 55.5 Å². The van der Waals surface area contributed by atoms with Gasteiger partial charge in [0.1, 0.15) is 6.04 Å². The van der Waals surface area contributed by atoms with E-state index in [-0.39, 0.29) is 31.3 Å². The van der Waals surface area contributed by atoms with Gasteiger partial charge in [0, 0.05) is 33.0 Å². The number of hydrogen-bond donors (Lipinski definition) is 1. The second-order valence-corrected chi connectivity index (χ2v) is 11.9. The molecule has 0 spiro atoms. The van der Waals surface area contributed by atoms with Crippen molar-refractivity contribution in [2.24, 2.45) is 0 Å². The van der Waals surface area contributed by atoms with Crippen molar-refractivity contribution in [2.45, 2.75) is 52.6 Å². The first-order valence-electron chi connectivity index (χ1n) is 13.2. The highest BCUT2D eigenvalue weighted by Crippen LogP contribution is 2.26. The molecule has 0 fully saturated rings. The van der Waals surface area contributed by atoms with Crippen LogP contribution in [0.25, 0.3) is 0 Å². The molecule has 0 radical (unpaired) electrons. The van der Waals surface area contributed by atoms with Gasteiger partial charge in [0.15, 0.2) is 0 Å². The molecule has 2 amide bonds.